The van der Waals surface area contributed by atoms with E-state index < -0.39 is 6.09 Å². The summed E-state index contributed by atoms with van der Waals surface area (Å²) in [6.07, 6.45) is 2.53. The van der Waals surface area contributed by atoms with E-state index in [4.69, 9.17) is 5.11 Å². The molecule has 0 radical (unpaired) electrons. The number of carbonyl (C=O) groups is 2. The van der Waals surface area contributed by atoms with Crippen molar-refractivity contribution in [3.63, 3.8) is 0 Å². The van der Waals surface area contributed by atoms with Crippen LogP contribution in [-0.4, -0.2) is 53.7 Å². The van der Waals surface area contributed by atoms with Crippen molar-refractivity contribution in [3.05, 3.63) is 0 Å². The van der Waals surface area contributed by atoms with Crippen molar-refractivity contribution in [2.45, 2.75) is 43.8 Å². The van der Waals surface area contributed by atoms with Crippen molar-refractivity contribution in [2.24, 2.45) is 0 Å². The Bertz CT molecular complexity index is 307. The Labute approximate surface area is 100 Å². The number of likely N-dealkylation sites (N-methyl/N-ethyl adjacent to an activating group) is 1. The lowest BCUT2D eigenvalue weighted by Gasteiger charge is -2.37. The second kappa shape index (κ2) is 4.91. The van der Waals surface area contributed by atoms with Crippen LogP contribution in [0.1, 0.15) is 25.7 Å². The summed E-state index contributed by atoms with van der Waals surface area (Å²) in [7, 11) is 1.73. The van der Waals surface area contributed by atoms with Gasteiger partial charge in [0.15, 0.2) is 0 Å². The van der Waals surface area contributed by atoms with Gasteiger partial charge in [-0.2, -0.15) is 0 Å². The van der Waals surface area contributed by atoms with Crippen molar-refractivity contribution in [1.29, 1.82) is 0 Å². The van der Waals surface area contributed by atoms with Gasteiger partial charge in [0.1, 0.15) is 0 Å². The van der Waals surface area contributed by atoms with E-state index in [1.807, 2.05) is 0 Å². The number of hydrogen-bond donors (Lipinski definition) is 3. The van der Waals surface area contributed by atoms with Crippen molar-refractivity contribution >= 4 is 12.0 Å². The Morgan fingerprint density at radius 1 is 1.29 bits per heavy atom. The number of hydrogen-bond acceptors (Lipinski definition) is 3. The molecule has 0 saturated carbocycles. The van der Waals surface area contributed by atoms with Crippen LogP contribution < -0.4 is 10.6 Å². The fourth-order valence-corrected chi connectivity index (χ4v) is 3.05. The zero-order chi connectivity index (χ0) is 12.4. The van der Waals surface area contributed by atoms with Gasteiger partial charge in [0, 0.05) is 18.1 Å². The molecule has 6 heteroatoms. The molecule has 2 rings (SSSR count). The van der Waals surface area contributed by atoms with Crippen molar-refractivity contribution in [2.75, 3.05) is 13.6 Å². The summed E-state index contributed by atoms with van der Waals surface area (Å²) in [4.78, 5) is 24.1. The van der Waals surface area contributed by atoms with Crippen LogP contribution in [0.15, 0.2) is 0 Å². The first-order chi connectivity index (χ1) is 8.11. The van der Waals surface area contributed by atoms with E-state index in [9.17, 15) is 9.59 Å². The molecule has 6 nitrogen and oxygen atoms in total. The summed E-state index contributed by atoms with van der Waals surface area (Å²) in [5, 5.41) is 14.9. The highest BCUT2D eigenvalue weighted by Crippen LogP contribution is 2.35. The number of rotatable bonds is 3. The van der Waals surface area contributed by atoms with Crippen molar-refractivity contribution in [1.82, 2.24) is 15.5 Å². The third-order valence-corrected chi connectivity index (χ3v) is 3.66. The molecule has 2 saturated heterocycles. The van der Waals surface area contributed by atoms with Crippen molar-refractivity contribution < 1.29 is 14.7 Å². The molecule has 2 atom stereocenters. The van der Waals surface area contributed by atoms with Gasteiger partial charge in [-0.1, -0.05) is 0 Å². The van der Waals surface area contributed by atoms with Crippen LogP contribution in [0.5, 0.6) is 0 Å². The van der Waals surface area contributed by atoms with Crippen molar-refractivity contribution in [3.8, 4) is 0 Å². The van der Waals surface area contributed by atoms with Crippen LogP contribution in [0.3, 0.4) is 0 Å². The summed E-state index contributed by atoms with van der Waals surface area (Å²) in [5.74, 6) is -0.0133. The second-order valence-corrected chi connectivity index (χ2v) is 4.84. The molecule has 2 aliphatic heterocycles. The van der Waals surface area contributed by atoms with E-state index in [1.54, 1.807) is 11.9 Å². The molecule has 2 amide bonds. The van der Waals surface area contributed by atoms with Crippen LogP contribution in [0.4, 0.5) is 4.79 Å². The summed E-state index contributed by atoms with van der Waals surface area (Å²) >= 11 is 0. The van der Waals surface area contributed by atoms with Crippen LogP contribution in [-0.2, 0) is 4.79 Å². The lowest BCUT2D eigenvalue weighted by Crippen LogP contribution is -2.52. The number of carboxylic acid groups (broad SMARTS) is 1. The van der Waals surface area contributed by atoms with E-state index in [0.717, 1.165) is 25.7 Å². The first-order valence-corrected chi connectivity index (χ1v) is 6.07. The predicted octanol–water partition coefficient (Wildman–Crippen LogP) is -0.00460. The fourth-order valence-electron chi connectivity index (χ4n) is 3.05. The Kier molecular flexibility index (Phi) is 3.51. The number of amides is 2. The molecule has 0 aromatic heterocycles. The van der Waals surface area contributed by atoms with E-state index in [-0.39, 0.29) is 24.0 Å². The maximum Gasteiger partial charge on any atom is 0.407 e. The Morgan fingerprint density at radius 3 is 2.35 bits per heavy atom. The fraction of sp³-hybridized carbons (Fsp3) is 0.818. The lowest BCUT2D eigenvalue weighted by molar-refractivity contribution is -0.121. The third-order valence-electron chi connectivity index (χ3n) is 3.66. The second-order valence-electron chi connectivity index (χ2n) is 4.84. The molecule has 17 heavy (non-hydrogen) atoms. The molecule has 0 aliphatic carbocycles. The third kappa shape index (κ3) is 2.52. The van der Waals surface area contributed by atoms with Gasteiger partial charge in [-0.05, 0) is 32.7 Å². The van der Waals surface area contributed by atoms with Crippen LogP contribution in [0, 0.1) is 0 Å². The highest BCUT2D eigenvalue weighted by atomic mass is 16.4. The average Bonchev–Trinajstić information content (AvgIpc) is 2.51. The highest BCUT2D eigenvalue weighted by Gasteiger charge is 2.43. The molecular weight excluding hydrogens is 222 g/mol. The minimum Gasteiger partial charge on any atom is -0.465 e. The zero-order valence-corrected chi connectivity index (χ0v) is 9.98. The molecule has 2 unspecified atom stereocenters. The zero-order valence-electron chi connectivity index (χ0n) is 9.98. The van der Waals surface area contributed by atoms with E-state index in [2.05, 4.69) is 10.6 Å². The smallest absolute Gasteiger partial charge is 0.407 e. The monoisotopic (exact) mass is 241 g/mol. The van der Waals surface area contributed by atoms with Gasteiger partial charge in [0.25, 0.3) is 0 Å². The topological polar surface area (TPSA) is 81.7 Å². The Hall–Kier alpha value is -1.30. The van der Waals surface area contributed by atoms with Gasteiger partial charge in [-0.3, -0.25) is 4.79 Å². The van der Waals surface area contributed by atoms with Gasteiger partial charge in [0.2, 0.25) is 5.91 Å². The number of nitrogens with zero attached hydrogens (tertiary/aromatic N) is 1. The average molecular weight is 241 g/mol. The first kappa shape index (κ1) is 12.2. The summed E-state index contributed by atoms with van der Waals surface area (Å²) in [6.45, 7) is 0.314. The first-order valence-electron chi connectivity index (χ1n) is 6.07. The molecule has 0 aromatic carbocycles. The largest absolute Gasteiger partial charge is 0.465 e. The molecule has 96 valence electrons. The van der Waals surface area contributed by atoms with Gasteiger partial charge >= 0.3 is 6.09 Å². The minimum atomic E-state index is -0.822. The summed E-state index contributed by atoms with van der Waals surface area (Å²) < 4.78 is 0. The van der Waals surface area contributed by atoms with E-state index in [1.165, 1.54) is 0 Å². The maximum absolute atomic E-state index is 11.5. The molecule has 2 heterocycles. The molecular formula is C11H19N3O3. The van der Waals surface area contributed by atoms with Crippen LogP contribution >= 0.6 is 0 Å². The Morgan fingerprint density at radius 2 is 1.88 bits per heavy atom. The number of carbonyl (C=O) groups excluding carboxylic acids is 1. The quantitative estimate of drug-likeness (QED) is 0.649. The molecule has 2 bridgehead atoms. The molecule has 2 aliphatic rings. The SMILES string of the molecule is CNCC(=O)NC1CC2CCC(C1)N2C(=O)O. The van der Waals surface area contributed by atoms with Gasteiger partial charge in [-0.15, -0.1) is 0 Å². The summed E-state index contributed by atoms with van der Waals surface area (Å²) in [5.41, 5.74) is 0. The lowest BCUT2D eigenvalue weighted by atomic mass is 9.98. The normalized spacial score (nSPS) is 31.4. The number of piperidine rings is 1. The summed E-state index contributed by atoms with van der Waals surface area (Å²) in [6, 6.07) is 0.307. The standard InChI is InChI=1S/C11H19N3O3/c1-12-6-10(15)13-7-4-8-2-3-9(5-7)14(8)11(16)17/h7-9,12H,2-6H2,1H3,(H,13,15)(H,16,17). The van der Waals surface area contributed by atoms with E-state index in [0.29, 0.717) is 6.54 Å². The molecule has 2 fully saturated rings. The number of fused-ring (bicyclic) bond motifs is 2. The van der Waals surface area contributed by atoms with Crippen LogP contribution in [0.25, 0.3) is 0 Å². The van der Waals surface area contributed by atoms with E-state index >= 15 is 0 Å². The maximum atomic E-state index is 11.5. The molecule has 0 aromatic rings. The molecule has 0 spiro atoms. The molecule has 3 N–H and O–H groups in total. The van der Waals surface area contributed by atoms with Gasteiger partial charge < -0.3 is 20.6 Å². The van der Waals surface area contributed by atoms with Gasteiger partial charge in [0.05, 0.1) is 6.54 Å². The van der Waals surface area contributed by atoms with Crippen LogP contribution in [0.2, 0.25) is 0 Å². The van der Waals surface area contributed by atoms with Gasteiger partial charge in [-0.25, -0.2) is 4.79 Å². The highest BCUT2D eigenvalue weighted by molar-refractivity contribution is 5.78. The predicted molar refractivity (Wildman–Crippen MR) is 61.8 cm³/mol. The number of nitrogens with one attached hydrogen (secondary N) is 2. The Balaban J connectivity index is 1.91. The minimum absolute atomic E-state index is 0.0133.